The maximum Gasteiger partial charge on any atom is 0.0580 e. The second kappa shape index (κ2) is 2.87. The topological polar surface area (TPSA) is 26.0 Å². The SMILES string of the molecule is CC(N)SS. The molecule has 32 valence electrons. The van der Waals surface area contributed by atoms with Crippen molar-refractivity contribution in [3.8, 4) is 0 Å². The van der Waals surface area contributed by atoms with Crippen molar-refractivity contribution < 1.29 is 0 Å². The van der Waals surface area contributed by atoms with Crippen LogP contribution < -0.4 is 5.73 Å². The summed E-state index contributed by atoms with van der Waals surface area (Å²) in [4.78, 5) is 0. The first-order valence-corrected chi connectivity index (χ1v) is 3.26. The van der Waals surface area contributed by atoms with Gasteiger partial charge in [0.05, 0.1) is 5.37 Å². The van der Waals surface area contributed by atoms with E-state index in [1.165, 1.54) is 10.8 Å². The van der Waals surface area contributed by atoms with Gasteiger partial charge in [-0.15, -0.1) is 11.7 Å². The summed E-state index contributed by atoms with van der Waals surface area (Å²) >= 11 is 3.81. The van der Waals surface area contributed by atoms with E-state index in [0.717, 1.165) is 0 Å². The highest BCUT2D eigenvalue weighted by atomic mass is 33.1. The Bertz CT molecular complexity index is 21.6. The molecule has 0 rings (SSSR count). The summed E-state index contributed by atoms with van der Waals surface area (Å²) in [6, 6.07) is 0. The number of thiol groups is 1. The van der Waals surface area contributed by atoms with Crippen LogP contribution in [0.15, 0.2) is 0 Å². The third kappa shape index (κ3) is 4.66. The van der Waals surface area contributed by atoms with Gasteiger partial charge in [-0.1, -0.05) is 10.8 Å². The lowest BCUT2D eigenvalue weighted by molar-refractivity contribution is 1.06. The Hall–Kier alpha value is 0.660. The van der Waals surface area contributed by atoms with E-state index < -0.39 is 0 Å². The minimum absolute atomic E-state index is 0.165. The van der Waals surface area contributed by atoms with Crippen molar-refractivity contribution in [3.05, 3.63) is 0 Å². The lowest BCUT2D eigenvalue weighted by atomic mass is 10.8. The molecule has 0 aromatic carbocycles. The van der Waals surface area contributed by atoms with Crippen molar-refractivity contribution in [1.82, 2.24) is 0 Å². The predicted octanol–water partition coefficient (Wildman–Crippen LogP) is 0.869. The maximum absolute atomic E-state index is 5.18. The van der Waals surface area contributed by atoms with Gasteiger partial charge in [0, 0.05) is 0 Å². The quantitative estimate of drug-likeness (QED) is 0.297. The van der Waals surface area contributed by atoms with Crippen LogP contribution in [0.1, 0.15) is 6.92 Å². The Labute approximate surface area is 41.1 Å². The van der Waals surface area contributed by atoms with E-state index in [1.807, 2.05) is 6.92 Å². The van der Waals surface area contributed by atoms with Crippen LogP contribution in [0.4, 0.5) is 0 Å². The van der Waals surface area contributed by atoms with Crippen molar-refractivity contribution in [2.75, 3.05) is 0 Å². The zero-order chi connectivity index (χ0) is 4.28. The predicted molar refractivity (Wildman–Crippen MR) is 30.2 cm³/mol. The van der Waals surface area contributed by atoms with Gasteiger partial charge in [-0.3, -0.25) is 0 Å². The number of hydrogen-bond acceptors (Lipinski definition) is 3. The zero-order valence-electron chi connectivity index (χ0n) is 3.01. The van der Waals surface area contributed by atoms with Crippen LogP contribution in [0.25, 0.3) is 0 Å². The largest absolute Gasteiger partial charge is 0.319 e. The lowest BCUT2D eigenvalue weighted by Gasteiger charge is -1.90. The van der Waals surface area contributed by atoms with Crippen LogP contribution >= 0.6 is 22.5 Å². The van der Waals surface area contributed by atoms with Gasteiger partial charge >= 0.3 is 0 Å². The van der Waals surface area contributed by atoms with Crippen molar-refractivity contribution in [1.29, 1.82) is 0 Å². The van der Waals surface area contributed by atoms with Gasteiger partial charge in [0.2, 0.25) is 0 Å². The van der Waals surface area contributed by atoms with Crippen molar-refractivity contribution in [3.63, 3.8) is 0 Å². The molecule has 0 aromatic rings. The molecule has 0 spiro atoms. The smallest absolute Gasteiger partial charge is 0.0580 e. The summed E-state index contributed by atoms with van der Waals surface area (Å²) in [5.74, 6) is 0. The lowest BCUT2D eigenvalue weighted by Crippen LogP contribution is -2.05. The molecule has 0 aliphatic carbocycles. The van der Waals surface area contributed by atoms with Gasteiger partial charge < -0.3 is 5.73 Å². The van der Waals surface area contributed by atoms with Crippen molar-refractivity contribution in [2.24, 2.45) is 5.73 Å². The highest BCUT2D eigenvalue weighted by Gasteiger charge is 1.81. The molecule has 0 aliphatic heterocycles. The third-order valence-corrected chi connectivity index (χ3v) is 1.50. The second-order valence-electron chi connectivity index (χ2n) is 0.811. The van der Waals surface area contributed by atoms with Crippen molar-refractivity contribution >= 4 is 22.5 Å². The molecular weight excluding hydrogens is 102 g/mol. The van der Waals surface area contributed by atoms with Gasteiger partial charge in [-0.05, 0) is 6.92 Å². The zero-order valence-corrected chi connectivity index (χ0v) is 4.72. The first kappa shape index (κ1) is 5.66. The molecule has 1 atom stereocenters. The van der Waals surface area contributed by atoms with E-state index in [0.29, 0.717) is 0 Å². The summed E-state index contributed by atoms with van der Waals surface area (Å²) in [7, 11) is 1.35. The third-order valence-electron chi connectivity index (χ3n) is 0.166. The summed E-state index contributed by atoms with van der Waals surface area (Å²) in [6.45, 7) is 1.89. The molecule has 0 bridgehead atoms. The van der Waals surface area contributed by atoms with Gasteiger partial charge in [-0.2, -0.15) is 0 Å². The summed E-state index contributed by atoms with van der Waals surface area (Å²) < 4.78 is 0. The van der Waals surface area contributed by atoms with Crippen LogP contribution in [0.5, 0.6) is 0 Å². The normalized spacial score (nSPS) is 15.0. The minimum atomic E-state index is 0.165. The monoisotopic (exact) mass is 109 g/mol. The molecule has 0 saturated carbocycles. The minimum Gasteiger partial charge on any atom is -0.319 e. The molecule has 2 N–H and O–H groups in total. The van der Waals surface area contributed by atoms with E-state index >= 15 is 0 Å². The molecule has 0 radical (unpaired) electrons. The molecule has 0 heterocycles. The summed E-state index contributed by atoms with van der Waals surface area (Å²) in [6.07, 6.45) is 0. The van der Waals surface area contributed by atoms with Gasteiger partial charge in [-0.25, -0.2) is 0 Å². The van der Waals surface area contributed by atoms with Gasteiger partial charge in [0.15, 0.2) is 0 Å². The Kier molecular flexibility index (Phi) is 3.25. The molecular formula is C2H7NS2. The fourth-order valence-electron chi connectivity index (χ4n) is 0. The average molecular weight is 109 g/mol. The average Bonchev–Trinajstić information content (AvgIpc) is 1.38. The molecule has 3 heteroatoms. The number of rotatable bonds is 1. The van der Waals surface area contributed by atoms with Gasteiger partial charge in [0.1, 0.15) is 0 Å². The molecule has 0 aliphatic rings. The molecule has 5 heavy (non-hydrogen) atoms. The highest BCUT2D eigenvalue weighted by molar-refractivity contribution is 8.68. The highest BCUT2D eigenvalue weighted by Crippen LogP contribution is 2.06. The van der Waals surface area contributed by atoms with Crippen molar-refractivity contribution in [2.45, 2.75) is 12.3 Å². The first-order chi connectivity index (χ1) is 2.27. The molecule has 0 amide bonds. The summed E-state index contributed by atoms with van der Waals surface area (Å²) in [5, 5.41) is 0.165. The number of hydrogen-bond donors (Lipinski definition) is 2. The Balaban J connectivity index is 2.54. The number of nitrogens with two attached hydrogens (primary N) is 1. The Morgan fingerprint density at radius 2 is 2.20 bits per heavy atom. The van der Waals surface area contributed by atoms with E-state index in [4.69, 9.17) is 5.73 Å². The van der Waals surface area contributed by atoms with Crippen LogP contribution in [0.2, 0.25) is 0 Å². The molecule has 1 unspecified atom stereocenters. The molecule has 0 fully saturated rings. The van der Waals surface area contributed by atoms with E-state index in [1.54, 1.807) is 0 Å². The van der Waals surface area contributed by atoms with Crippen LogP contribution in [-0.2, 0) is 0 Å². The fraction of sp³-hybridized carbons (Fsp3) is 1.00. The standard InChI is InChI=1S/C2H7NS2/c1-2(3)5-4/h2,4H,3H2,1H3. The Morgan fingerprint density at radius 1 is 2.00 bits per heavy atom. The second-order valence-corrected chi connectivity index (χ2v) is 2.40. The Morgan fingerprint density at radius 3 is 2.20 bits per heavy atom. The van der Waals surface area contributed by atoms with Crippen LogP contribution in [0, 0.1) is 0 Å². The van der Waals surface area contributed by atoms with Gasteiger partial charge in [0.25, 0.3) is 0 Å². The first-order valence-electron chi connectivity index (χ1n) is 1.33. The van der Waals surface area contributed by atoms with E-state index in [2.05, 4.69) is 11.7 Å². The van der Waals surface area contributed by atoms with E-state index in [9.17, 15) is 0 Å². The summed E-state index contributed by atoms with van der Waals surface area (Å²) in [5.41, 5.74) is 5.18. The molecule has 1 nitrogen and oxygen atoms in total. The van der Waals surface area contributed by atoms with Crippen LogP contribution in [-0.4, -0.2) is 5.37 Å². The maximum atomic E-state index is 5.18. The fourth-order valence-corrected chi connectivity index (χ4v) is 0. The van der Waals surface area contributed by atoms with E-state index in [-0.39, 0.29) is 5.37 Å². The van der Waals surface area contributed by atoms with Crippen LogP contribution in [0.3, 0.4) is 0 Å². The molecule has 0 aromatic heterocycles. The molecule has 0 saturated heterocycles.